The van der Waals surface area contributed by atoms with E-state index < -0.39 is 0 Å². The van der Waals surface area contributed by atoms with Gasteiger partial charge in [0.2, 0.25) is 0 Å². The molecule has 0 amide bonds. The highest BCUT2D eigenvalue weighted by atomic mass is 15.3. The third-order valence-electron chi connectivity index (χ3n) is 2.50. The summed E-state index contributed by atoms with van der Waals surface area (Å²) in [6.07, 6.45) is 1.12. The Morgan fingerprint density at radius 3 is 2.40 bits per heavy atom. The maximum Gasteiger partial charge on any atom is 0.121 e. The first-order valence-corrected chi connectivity index (χ1v) is 5.64. The summed E-state index contributed by atoms with van der Waals surface area (Å²) in [4.78, 5) is 0. The zero-order valence-corrected chi connectivity index (χ0v) is 10.5. The Labute approximate surface area is 92.7 Å². The van der Waals surface area contributed by atoms with Gasteiger partial charge in [-0.3, -0.25) is 0 Å². The monoisotopic (exact) mass is 209 g/mol. The van der Waals surface area contributed by atoms with E-state index in [9.17, 15) is 0 Å². The van der Waals surface area contributed by atoms with Crippen molar-refractivity contribution in [3.63, 3.8) is 0 Å². The number of rotatable bonds is 3. The van der Waals surface area contributed by atoms with Crippen LogP contribution in [-0.4, -0.2) is 9.78 Å². The minimum Gasteiger partial charge on any atom is -0.384 e. The number of aryl methyl sites for hydroxylation is 1. The minimum absolute atomic E-state index is 0.0806. The smallest absolute Gasteiger partial charge is 0.121 e. The fourth-order valence-electron chi connectivity index (χ4n) is 1.36. The van der Waals surface area contributed by atoms with E-state index >= 15 is 0 Å². The van der Waals surface area contributed by atoms with E-state index in [0.29, 0.717) is 5.92 Å². The molecule has 2 N–H and O–H groups in total. The van der Waals surface area contributed by atoms with Gasteiger partial charge in [0.15, 0.2) is 0 Å². The molecule has 0 fully saturated rings. The van der Waals surface area contributed by atoms with E-state index in [1.165, 1.54) is 0 Å². The summed E-state index contributed by atoms with van der Waals surface area (Å²) in [7, 11) is 0. The number of hydrogen-bond donors (Lipinski definition) is 1. The summed E-state index contributed by atoms with van der Waals surface area (Å²) in [5.74, 6) is 1.47. The van der Waals surface area contributed by atoms with Crippen molar-refractivity contribution in [1.82, 2.24) is 9.78 Å². The lowest BCUT2D eigenvalue weighted by Gasteiger charge is -2.14. The molecule has 1 heterocycles. The van der Waals surface area contributed by atoms with Crippen LogP contribution in [0.25, 0.3) is 0 Å². The van der Waals surface area contributed by atoms with Crippen LogP contribution >= 0.6 is 0 Å². The van der Waals surface area contributed by atoms with Gasteiger partial charge in [-0.25, -0.2) is 4.68 Å². The van der Waals surface area contributed by atoms with Crippen molar-refractivity contribution in [1.29, 1.82) is 0 Å². The van der Waals surface area contributed by atoms with Gasteiger partial charge < -0.3 is 5.73 Å². The summed E-state index contributed by atoms with van der Waals surface area (Å²) >= 11 is 0. The first-order chi connectivity index (χ1) is 6.80. The number of nitrogens with zero attached hydrogens (tertiary/aromatic N) is 2. The maximum atomic E-state index is 5.92. The summed E-state index contributed by atoms with van der Waals surface area (Å²) in [5.41, 5.74) is 7.08. The number of nitrogens with two attached hydrogens (primary N) is 1. The summed E-state index contributed by atoms with van der Waals surface area (Å²) in [6.45, 7) is 11.8. The largest absolute Gasteiger partial charge is 0.384 e. The van der Waals surface area contributed by atoms with Crippen molar-refractivity contribution in [2.45, 2.75) is 53.0 Å². The Kier molecular flexibility index (Phi) is 3.42. The van der Waals surface area contributed by atoms with Crippen molar-refractivity contribution in [3.8, 4) is 0 Å². The van der Waals surface area contributed by atoms with Crippen LogP contribution in [0.5, 0.6) is 0 Å². The minimum atomic E-state index is 0.0806. The van der Waals surface area contributed by atoms with Crippen molar-refractivity contribution >= 4 is 5.82 Å². The molecule has 86 valence electrons. The van der Waals surface area contributed by atoms with Crippen LogP contribution < -0.4 is 5.73 Å². The van der Waals surface area contributed by atoms with Gasteiger partial charge in [-0.15, -0.1) is 0 Å². The number of hydrogen-bond acceptors (Lipinski definition) is 2. The second-order valence-electron chi connectivity index (χ2n) is 5.61. The first kappa shape index (κ1) is 12.1. The standard InChI is InChI=1S/C12H23N3/c1-9(2)6-7-15-11(13)8-10(14-15)12(3,4)5/h8-9H,6-7,13H2,1-5H3. The molecule has 0 aliphatic carbocycles. The molecule has 0 radical (unpaired) electrons. The lowest BCUT2D eigenvalue weighted by atomic mass is 9.92. The fourth-order valence-corrected chi connectivity index (χ4v) is 1.36. The topological polar surface area (TPSA) is 43.8 Å². The normalized spacial score (nSPS) is 12.4. The third kappa shape index (κ3) is 3.26. The second kappa shape index (κ2) is 4.25. The first-order valence-electron chi connectivity index (χ1n) is 5.64. The van der Waals surface area contributed by atoms with Crippen LogP contribution in [-0.2, 0) is 12.0 Å². The quantitative estimate of drug-likeness (QED) is 0.832. The predicted octanol–water partition coefficient (Wildman–Crippen LogP) is 2.81. The Morgan fingerprint density at radius 2 is 2.00 bits per heavy atom. The molecule has 15 heavy (non-hydrogen) atoms. The average molecular weight is 209 g/mol. The molecular formula is C12H23N3. The van der Waals surface area contributed by atoms with Crippen LogP contribution in [0.2, 0.25) is 0 Å². The van der Waals surface area contributed by atoms with Gasteiger partial charge in [-0.1, -0.05) is 34.6 Å². The Balaban J connectivity index is 2.78. The van der Waals surface area contributed by atoms with Crippen LogP contribution in [0.3, 0.4) is 0 Å². The highest BCUT2D eigenvalue weighted by molar-refractivity contribution is 5.33. The molecule has 0 aliphatic rings. The maximum absolute atomic E-state index is 5.92. The summed E-state index contributed by atoms with van der Waals surface area (Å²) < 4.78 is 1.92. The van der Waals surface area contributed by atoms with Gasteiger partial charge in [0.05, 0.1) is 5.69 Å². The van der Waals surface area contributed by atoms with Crippen molar-refractivity contribution in [3.05, 3.63) is 11.8 Å². The molecule has 3 nitrogen and oxygen atoms in total. The Bertz CT molecular complexity index is 318. The molecule has 1 aromatic heterocycles. The highest BCUT2D eigenvalue weighted by Crippen LogP contribution is 2.22. The molecular weight excluding hydrogens is 186 g/mol. The molecule has 0 bridgehead atoms. The van der Waals surface area contributed by atoms with E-state index in [1.807, 2.05) is 10.7 Å². The van der Waals surface area contributed by atoms with Crippen molar-refractivity contribution in [2.75, 3.05) is 5.73 Å². The molecule has 3 heteroatoms. The molecule has 0 saturated carbocycles. The Hall–Kier alpha value is -0.990. The molecule has 1 rings (SSSR count). The van der Waals surface area contributed by atoms with Crippen LogP contribution in [0.4, 0.5) is 5.82 Å². The van der Waals surface area contributed by atoms with E-state index in [-0.39, 0.29) is 5.41 Å². The number of anilines is 1. The number of nitrogen functional groups attached to an aromatic ring is 1. The molecule has 1 aromatic rings. The number of aromatic nitrogens is 2. The molecule has 0 aliphatic heterocycles. The van der Waals surface area contributed by atoms with E-state index in [2.05, 4.69) is 39.7 Å². The van der Waals surface area contributed by atoms with Gasteiger partial charge >= 0.3 is 0 Å². The zero-order chi connectivity index (χ0) is 11.6. The molecule has 0 saturated heterocycles. The molecule has 0 spiro atoms. The van der Waals surface area contributed by atoms with Gasteiger partial charge in [0, 0.05) is 18.0 Å². The Morgan fingerprint density at radius 1 is 1.40 bits per heavy atom. The van der Waals surface area contributed by atoms with Crippen LogP contribution in [0.15, 0.2) is 6.07 Å². The third-order valence-corrected chi connectivity index (χ3v) is 2.50. The summed E-state index contributed by atoms with van der Waals surface area (Å²) in [6, 6.07) is 1.99. The van der Waals surface area contributed by atoms with Crippen molar-refractivity contribution in [2.24, 2.45) is 5.92 Å². The van der Waals surface area contributed by atoms with Crippen LogP contribution in [0, 0.1) is 5.92 Å². The zero-order valence-electron chi connectivity index (χ0n) is 10.5. The fraction of sp³-hybridized carbons (Fsp3) is 0.750. The second-order valence-corrected chi connectivity index (χ2v) is 5.61. The van der Waals surface area contributed by atoms with Crippen molar-refractivity contribution < 1.29 is 0 Å². The van der Waals surface area contributed by atoms with Crippen LogP contribution in [0.1, 0.15) is 46.7 Å². The summed E-state index contributed by atoms with van der Waals surface area (Å²) in [5, 5.41) is 4.54. The lowest BCUT2D eigenvalue weighted by Crippen LogP contribution is -2.13. The van der Waals surface area contributed by atoms with Gasteiger partial charge in [0.25, 0.3) is 0 Å². The SMILES string of the molecule is CC(C)CCn1nc(C(C)(C)C)cc1N. The van der Waals surface area contributed by atoms with E-state index in [0.717, 1.165) is 24.5 Å². The molecule has 0 unspecified atom stereocenters. The van der Waals surface area contributed by atoms with Gasteiger partial charge in [-0.05, 0) is 12.3 Å². The van der Waals surface area contributed by atoms with E-state index in [4.69, 9.17) is 5.73 Å². The predicted molar refractivity (Wildman–Crippen MR) is 64.8 cm³/mol. The average Bonchev–Trinajstić information content (AvgIpc) is 2.42. The molecule has 0 aromatic carbocycles. The highest BCUT2D eigenvalue weighted by Gasteiger charge is 2.18. The molecule has 0 atom stereocenters. The van der Waals surface area contributed by atoms with Gasteiger partial charge in [-0.2, -0.15) is 5.10 Å². The van der Waals surface area contributed by atoms with Gasteiger partial charge in [0.1, 0.15) is 5.82 Å². The lowest BCUT2D eigenvalue weighted by molar-refractivity contribution is 0.475. The van der Waals surface area contributed by atoms with E-state index in [1.54, 1.807) is 0 Å².